The summed E-state index contributed by atoms with van der Waals surface area (Å²) in [6, 6.07) is 14.4. The fourth-order valence-electron chi connectivity index (χ4n) is 2.38. The molecular formula is C20H16FNO4S. The van der Waals surface area contributed by atoms with E-state index in [0.717, 1.165) is 5.56 Å². The first-order chi connectivity index (χ1) is 13.1. The van der Waals surface area contributed by atoms with Crippen LogP contribution in [0.1, 0.15) is 16.1 Å². The van der Waals surface area contributed by atoms with E-state index in [2.05, 4.69) is 4.98 Å². The molecule has 1 atom stereocenters. The molecule has 0 fully saturated rings. The van der Waals surface area contributed by atoms with Crippen molar-refractivity contribution in [1.29, 1.82) is 0 Å². The van der Waals surface area contributed by atoms with Crippen molar-refractivity contribution in [3.05, 3.63) is 77.1 Å². The Morgan fingerprint density at radius 1 is 1.11 bits per heavy atom. The Labute approximate surface area is 159 Å². The van der Waals surface area contributed by atoms with Gasteiger partial charge in [-0.15, -0.1) is 11.3 Å². The van der Waals surface area contributed by atoms with Gasteiger partial charge in [0.1, 0.15) is 10.8 Å². The third-order valence-corrected chi connectivity index (χ3v) is 4.69. The number of carbonyl (C=O) groups excluding carboxylic acids is 2. The summed E-state index contributed by atoms with van der Waals surface area (Å²) in [5.74, 6) is -1.56. The molecule has 0 saturated heterocycles. The minimum Gasteiger partial charge on any atom is -0.467 e. The zero-order chi connectivity index (χ0) is 19.2. The normalized spacial score (nSPS) is 11.8. The molecule has 0 aliphatic carbocycles. The van der Waals surface area contributed by atoms with Crippen molar-refractivity contribution in [3.8, 4) is 10.6 Å². The number of hydrogen-bond acceptors (Lipinski definition) is 6. The molecule has 0 radical (unpaired) electrons. The Balaban J connectivity index is 1.71. The summed E-state index contributed by atoms with van der Waals surface area (Å²) >= 11 is 1.36. The number of esters is 1. The van der Waals surface area contributed by atoms with Gasteiger partial charge in [-0.25, -0.2) is 14.2 Å². The fourth-order valence-corrected chi connectivity index (χ4v) is 3.19. The second kappa shape index (κ2) is 8.66. The molecule has 0 N–H and O–H groups in total. The van der Waals surface area contributed by atoms with Gasteiger partial charge in [0, 0.05) is 16.5 Å². The SMILES string of the molecule is COC(=O)C(OCc1csc(-c2ccc(F)cc2)n1)C(=O)c1ccccc1. The largest absolute Gasteiger partial charge is 0.467 e. The van der Waals surface area contributed by atoms with Gasteiger partial charge in [0.15, 0.2) is 0 Å². The number of halogens is 1. The second-order valence-electron chi connectivity index (χ2n) is 5.60. The number of hydrogen-bond donors (Lipinski definition) is 0. The lowest BCUT2D eigenvalue weighted by atomic mass is 10.1. The smallest absolute Gasteiger partial charge is 0.343 e. The highest BCUT2D eigenvalue weighted by atomic mass is 32.1. The summed E-state index contributed by atoms with van der Waals surface area (Å²) in [4.78, 5) is 28.9. The first kappa shape index (κ1) is 18.9. The van der Waals surface area contributed by atoms with Crippen LogP contribution in [0.2, 0.25) is 0 Å². The van der Waals surface area contributed by atoms with Crippen molar-refractivity contribution < 1.29 is 23.5 Å². The number of benzene rings is 2. The molecule has 1 heterocycles. The van der Waals surface area contributed by atoms with Gasteiger partial charge in [-0.05, 0) is 24.3 Å². The average molecular weight is 385 g/mol. The lowest BCUT2D eigenvalue weighted by molar-refractivity contribution is -0.151. The topological polar surface area (TPSA) is 65.5 Å². The molecule has 5 nitrogen and oxygen atoms in total. The number of methoxy groups -OCH3 is 1. The standard InChI is InChI=1S/C20H16FNO4S/c1-25-20(24)18(17(23)13-5-3-2-4-6-13)26-11-16-12-27-19(22-16)14-7-9-15(21)10-8-14/h2-10,12,18H,11H2,1H3. The molecule has 0 spiro atoms. The Bertz CT molecular complexity index is 925. The number of aromatic nitrogens is 1. The molecule has 7 heteroatoms. The van der Waals surface area contributed by atoms with Crippen LogP contribution in [0, 0.1) is 5.82 Å². The van der Waals surface area contributed by atoms with Crippen molar-refractivity contribution in [3.63, 3.8) is 0 Å². The van der Waals surface area contributed by atoms with Crippen LogP contribution in [0.25, 0.3) is 10.6 Å². The quantitative estimate of drug-likeness (QED) is 0.351. The molecule has 3 aromatic rings. The van der Waals surface area contributed by atoms with Crippen molar-refractivity contribution in [2.75, 3.05) is 7.11 Å². The summed E-state index contributed by atoms with van der Waals surface area (Å²) in [7, 11) is 1.20. The van der Waals surface area contributed by atoms with Gasteiger partial charge in [0.2, 0.25) is 11.9 Å². The number of ether oxygens (including phenoxy) is 2. The maximum Gasteiger partial charge on any atom is 0.343 e. The maximum atomic E-state index is 13.0. The van der Waals surface area contributed by atoms with E-state index in [9.17, 15) is 14.0 Å². The van der Waals surface area contributed by atoms with E-state index in [1.54, 1.807) is 47.8 Å². The summed E-state index contributed by atoms with van der Waals surface area (Å²) in [5.41, 5.74) is 1.70. The van der Waals surface area contributed by atoms with E-state index in [1.165, 1.54) is 30.6 Å². The Morgan fingerprint density at radius 3 is 2.48 bits per heavy atom. The van der Waals surface area contributed by atoms with Crippen LogP contribution in [0.3, 0.4) is 0 Å². The molecule has 1 aromatic heterocycles. The van der Waals surface area contributed by atoms with Crippen molar-refractivity contribution in [2.24, 2.45) is 0 Å². The van der Waals surface area contributed by atoms with Gasteiger partial charge in [0.25, 0.3) is 0 Å². The van der Waals surface area contributed by atoms with Gasteiger partial charge < -0.3 is 9.47 Å². The summed E-state index contributed by atoms with van der Waals surface area (Å²) in [5, 5.41) is 2.46. The molecule has 27 heavy (non-hydrogen) atoms. The van der Waals surface area contributed by atoms with Crippen LogP contribution >= 0.6 is 11.3 Å². The molecule has 1 unspecified atom stereocenters. The van der Waals surface area contributed by atoms with E-state index >= 15 is 0 Å². The number of carbonyl (C=O) groups is 2. The molecule has 0 aliphatic heterocycles. The molecule has 138 valence electrons. The van der Waals surface area contributed by atoms with Crippen LogP contribution in [-0.2, 0) is 20.9 Å². The molecule has 0 aliphatic rings. The minimum atomic E-state index is -1.37. The van der Waals surface area contributed by atoms with E-state index in [4.69, 9.17) is 9.47 Å². The molecule has 2 aromatic carbocycles. The molecular weight excluding hydrogens is 369 g/mol. The van der Waals surface area contributed by atoms with E-state index in [0.29, 0.717) is 16.3 Å². The Hall–Kier alpha value is -2.90. The zero-order valence-corrected chi connectivity index (χ0v) is 15.2. The highest BCUT2D eigenvalue weighted by Crippen LogP contribution is 2.24. The number of ketones is 1. The van der Waals surface area contributed by atoms with Gasteiger partial charge in [-0.1, -0.05) is 30.3 Å². The first-order valence-corrected chi connectivity index (χ1v) is 8.95. The number of thiazole rings is 1. The summed E-state index contributed by atoms with van der Waals surface area (Å²) in [6.45, 7) is -0.0317. The van der Waals surface area contributed by atoms with Crippen molar-refractivity contribution in [1.82, 2.24) is 4.98 Å². The van der Waals surface area contributed by atoms with Gasteiger partial charge in [-0.2, -0.15) is 0 Å². The Morgan fingerprint density at radius 2 is 1.81 bits per heavy atom. The lowest BCUT2D eigenvalue weighted by Gasteiger charge is -2.14. The van der Waals surface area contributed by atoms with Crippen LogP contribution in [-0.4, -0.2) is 30.0 Å². The highest BCUT2D eigenvalue weighted by molar-refractivity contribution is 7.13. The second-order valence-corrected chi connectivity index (χ2v) is 6.45. The zero-order valence-electron chi connectivity index (χ0n) is 14.4. The van der Waals surface area contributed by atoms with Gasteiger partial charge in [-0.3, -0.25) is 4.79 Å². The predicted octanol–water partition coefficient (Wildman–Crippen LogP) is 3.89. The van der Waals surface area contributed by atoms with Crippen molar-refractivity contribution in [2.45, 2.75) is 12.7 Å². The maximum absolute atomic E-state index is 13.0. The highest BCUT2D eigenvalue weighted by Gasteiger charge is 2.29. The first-order valence-electron chi connectivity index (χ1n) is 8.07. The van der Waals surface area contributed by atoms with Gasteiger partial charge >= 0.3 is 5.97 Å². The third kappa shape index (κ3) is 4.64. The summed E-state index contributed by atoms with van der Waals surface area (Å²) < 4.78 is 23.2. The Kier molecular flexibility index (Phi) is 6.05. The predicted molar refractivity (Wildman–Crippen MR) is 98.9 cm³/mol. The van der Waals surface area contributed by atoms with Gasteiger partial charge in [0.05, 0.1) is 19.4 Å². The van der Waals surface area contributed by atoms with Crippen LogP contribution in [0.4, 0.5) is 4.39 Å². The van der Waals surface area contributed by atoms with E-state index in [-0.39, 0.29) is 12.4 Å². The number of Topliss-reactive ketones (excluding diaryl/α,β-unsaturated/α-hetero) is 1. The number of nitrogens with zero attached hydrogens (tertiary/aromatic N) is 1. The summed E-state index contributed by atoms with van der Waals surface area (Å²) in [6.07, 6.45) is -1.37. The fraction of sp³-hybridized carbons (Fsp3) is 0.150. The third-order valence-electron chi connectivity index (χ3n) is 3.75. The van der Waals surface area contributed by atoms with Crippen LogP contribution in [0.5, 0.6) is 0 Å². The van der Waals surface area contributed by atoms with Crippen LogP contribution < -0.4 is 0 Å². The molecule has 0 saturated carbocycles. The average Bonchev–Trinajstić information content (AvgIpc) is 3.18. The molecule has 0 amide bonds. The van der Waals surface area contributed by atoms with Crippen molar-refractivity contribution >= 4 is 23.1 Å². The van der Waals surface area contributed by atoms with Crippen LogP contribution in [0.15, 0.2) is 60.0 Å². The molecule has 3 rings (SSSR count). The van der Waals surface area contributed by atoms with E-state index in [1.807, 2.05) is 0 Å². The monoisotopic (exact) mass is 385 g/mol. The minimum absolute atomic E-state index is 0.0317. The number of rotatable bonds is 7. The lowest BCUT2D eigenvalue weighted by Crippen LogP contribution is -2.34. The van der Waals surface area contributed by atoms with E-state index < -0.39 is 17.9 Å². The molecule has 0 bridgehead atoms.